The monoisotopic (exact) mass is 441 g/mol. The average molecular weight is 442 g/mol. The second kappa shape index (κ2) is 7.70. The summed E-state index contributed by atoms with van der Waals surface area (Å²) in [5, 5.41) is 4.55. The van der Waals surface area contributed by atoms with Crippen molar-refractivity contribution in [2.24, 2.45) is 0 Å². The van der Waals surface area contributed by atoms with Crippen molar-refractivity contribution in [2.75, 3.05) is 11.1 Å². The number of aromatic nitrogens is 2. The molecule has 0 bridgehead atoms. The van der Waals surface area contributed by atoms with Crippen molar-refractivity contribution in [1.29, 1.82) is 0 Å². The number of nitrogens with one attached hydrogen (secondary N) is 1. The van der Waals surface area contributed by atoms with Crippen LogP contribution in [0, 0.1) is 0 Å². The van der Waals surface area contributed by atoms with E-state index in [1.807, 2.05) is 55.5 Å². The third-order valence-corrected chi connectivity index (χ3v) is 5.50. The van der Waals surface area contributed by atoms with E-state index in [-0.39, 0.29) is 11.7 Å². The Labute approximate surface area is 168 Å². The van der Waals surface area contributed by atoms with Crippen LogP contribution in [-0.2, 0) is 11.2 Å². The number of rotatable bonds is 5. The summed E-state index contributed by atoms with van der Waals surface area (Å²) in [5.74, 6) is 0.885. The van der Waals surface area contributed by atoms with Gasteiger partial charge in [0.1, 0.15) is 22.0 Å². The van der Waals surface area contributed by atoms with Crippen LogP contribution in [0.1, 0.15) is 12.7 Å². The molecule has 4 rings (SSSR count). The first-order valence-corrected chi connectivity index (χ1v) is 10.3. The number of fused-ring (bicyclic) bond motifs is 3. The van der Waals surface area contributed by atoms with Gasteiger partial charge in [0, 0.05) is 22.0 Å². The lowest BCUT2D eigenvalue weighted by molar-refractivity contribution is -0.113. The van der Waals surface area contributed by atoms with Crippen LogP contribution in [0.5, 0.6) is 0 Å². The van der Waals surface area contributed by atoms with Crippen LogP contribution in [0.4, 0.5) is 5.69 Å². The molecule has 2 aromatic heterocycles. The van der Waals surface area contributed by atoms with Crippen LogP contribution in [0.25, 0.3) is 22.1 Å². The highest BCUT2D eigenvalue weighted by atomic mass is 79.9. The molecule has 0 aliphatic heterocycles. The molecule has 0 radical (unpaired) electrons. The predicted molar refractivity (Wildman–Crippen MR) is 112 cm³/mol. The van der Waals surface area contributed by atoms with Gasteiger partial charge in [-0.15, -0.1) is 0 Å². The van der Waals surface area contributed by atoms with Crippen molar-refractivity contribution in [3.05, 3.63) is 58.8 Å². The second-order valence-electron chi connectivity index (χ2n) is 5.92. The Balaban J connectivity index is 1.59. The molecule has 0 atom stereocenters. The zero-order valence-corrected chi connectivity index (χ0v) is 16.9. The second-order valence-corrected chi connectivity index (χ2v) is 7.80. The van der Waals surface area contributed by atoms with Crippen molar-refractivity contribution in [3.8, 4) is 0 Å². The highest BCUT2D eigenvalue weighted by molar-refractivity contribution is 9.10. The molecule has 0 spiro atoms. The largest absolute Gasteiger partial charge is 0.451 e. The molecule has 2 heterocycles. The zero-order valence-electron chi connectivity index (χ0n) is 14.5. The molecule has 27 heavy (non-hydrogen) atoms. The molecular formula is C20H16BrN3O2S. The number of amides is 1. The van der Waals surface area contributed by atoms with Crippen molar-refractivity contribution in [2.45, 2.75) is 18.4 Å². The van der Waals surface area contributed by atoms with Crippen LogP contribution < -0.4 is 5.32 Å². The fraction of sp³-hybridized carbons (Fsp3) is 0.150. The Morgan fingerprint density at radius 2 is 1.93 bits per heavy atom. The van der Waals surface area contributed by atoms with Crippen molar-refractivity contribution >= 4 is 61.4 Å². The van der Waals surface area contributed by atoms with Gasteiger partial charge in [-0.3, -0.25) is 4.79 Å². The van der Waals surface area contributed by atoms with Crippen LogP contribution in [0.3, 0.4) is 0 Å². The molecule has 0 aliphatic rings. The summed E-state index contributed by atoms with van der Waals surface area (Å²) in [5.41, 5.74) is 2.97. The van der Waals surface area contributed by atoms with Crippen molar-refractivity contribution in [3.63, 3.8) is 0 Å². The van der Waals surface area contributed by atoms with Gasteiger partial charge in [0.05, 0.1) is 5.75 Å². The number of nitrogens with zero attached hydrogens (tertiary/aromatic N) is 2. The van der Waals surface area contributed by atoms with Gasteiger partial charge in [0.25, 0.3) is 0 Å². The third-order valence-electron chi connectivity index (χ3n) is 4.02. The summed E-state index contributed by atoms with van der Waals surface area (Å²) < 4.78 is 6.93. The molecule has 1 N–H and O–H groups in total. The van der Waals surface area contributed by atoms with Crippen LogP contribution in [0.2, 0.25) is 0 Å². The fourth-order valence-corrected chi connectivity index (χ4v) is 3.77. The maximum atomic E-state index is 12.3. The van der Waals surface area contributed by atoms with E-state index < -0.39 is 0 Å². The lowest BCUT2D eigenvalue weighted by Gasteiger charge is -2.06. The van der Waals surface area contributed by atoms with Gasteiger partial charge in [-0.25, -0.2) is 9.97 Å². The van der Waals surface area contributed by atoms with Gasteiger partial charge < -0.3 is 9.73 Å². The van der Waals surface area contributed by atoms with E-state index in [1.165, 1.54) is 11.8 Å². The molecule has 0 fully saturated rings. The minimum Gasteiger partial charge on any atom is -0.451 e. The Morgan fingerprint density at radius 1 is 1.15 bits per heavy atom. The number of para-hydroxylation sites is 1. The average Bonchev–Trinajstić information content (AvgIpc) is 3.06. The van der Waals surface area contributed by atoms with E-state index in [2.05, 4.69) is 31.2 Å². The number of furan rings is 1. The summed E-state index contributed by atoms with van der Waals surface area (Å²) in [6.45, 7) is 2.01. The minimum atomic E-state index is -0.0942. The van der Waals surface area contributed by atoms with E-state index in [0.29, 0.717) is 17.0 Å². The molecule has 7 heteroatoms. The molecule has 1 amide bonds. The number of aryl methyl sites for hydroxylation is 1. The first-order valence-electron chi connectivity index (χ1n) is 8.50. The lowest BCUT2D eigenvalue weighted by atomic mass is 10.2. The maximum absolute atomic E-state index is 12.3. The van der Waals surface area contributed by atoms with E-state index in [9.17, 15) is 4.79 Å². The number of carbonyl (C=O) groups is 1. The van der Waals surface area contributed by atoms with Crippen molar-refractivity contribution < 1.29 is 9.21 Å². The van der Waals surface area contributed by atoms with Gasteiger partial charge in [-0.2, -0.15) is 0 Å². The van der Waals surface area contributed by atoms with Crippen molar-refractivity contribution in [1.82, 2.24) is 9.97 Å². The summed E-state index contributed by atoms with van der Waals surface area (Å²) in [4.78, 5) is 21.5. The van der Waals surface area contributed by atoms with E-state index in [1.54, 1.807) is 0 Å². The molecule has 136 valence electrons. The normalized spacial score (nSPS) is 11.2. The molecule has 5 nitrogen and oxygen atoms in total. The fourth-order valence-electron chi connectivity index (χ4n) is 2.73. The summed E-state index contributed by atoms with van der Waals surface area (Å²) in [6.07, 6.45) is 0.716. The SMILES string of the molecule is CCc1nc(SCC(=O)Nc2ccc(Br)cc2)c2oc3ccccc3c2n1. The maximum Gasteiger partial charge on any atom is 0.234 e. The number of benzene rings is 2. The lowest BCUT2D eigenvalue weighted by Crippen LogP contribution is -2.14. The number of thioether (sulfide) groups is 1. The first kappa shape index (κ1) is 18.0. The third kappa shape index (κ3) is 3.84. The summed E-state index contributed by atoms with van der Waals surface area (Å²) in [7, 11) is 0. The number of hydrogen-bond donors (Lipinski definition) is 1. The van der Waals surface area contributed by atoms with Gasteiger partial charge >= 0.3 is 0 Å². The number of hydrogen-bond acceptors (Lipinski definition) is 5. The van der Waals surface area contributed by atoms with E-state index in [0.717, 1.165) is 32.5 Å². The summed E-state index contributed by atoms with van der Waals surface area (Å²) >= 11 is 4.74. The molecule has 2 aromatic carbocycles. The molecule has 0 saturated heterocycles. The van der Waals surface area contributed by atoms with Crippen LogP contribution >= 0.6 is 27.7 Å². The Bertz CT molecular complexity index is 1130. The minimum absolute atomic E-state index is 0.0942. The highest BCUT2D eigenvalue weighted by Gasteiger charge is 2.16. The molecule has 0 saturated carbocycles. The number of anilines is 1. The number of halogens is 1. The topological polar surface area (TPSA) is 68.0 Å². The Kier molecular flexibility index (Phi) is 5.13. The Morgan fingerprint density at radius 3 is 2.70 bits per heavy atom. The number of carbonyl (C=O) groups excluding carboxylic acids is 1. The molecule has 4 aromatic rings. The van der Waals surface area contributed by atoms with Gasteiger partial charge in [-0.05, 0) is 36.4 Å². The Hall–Kier alpha value is -2.38. The predicted octanol–water partition coefficient (Wildman–Crippen LogP) is 5.43. The standard InChI is InChI=1S/C20H16BrN3O2S/c1-2-16-23-18-14-5-3-4-6-15(14)26-19(18)20(24-16)27-11-17(25)22-13-9-7-12(21)8-10-13/h3-10H,2,11H2,1H3,(H,22,25). The first-order chi connectivity index (χ1) is 13.1. The highest BCUT2D eigenvalue weighted by Crippen LogP contribution is 2.33. The summed E-state index contributed by atoms with van der Waals surface area (Å²) in [6, 6.07) is 15.3. The van der Waals surface area contributed by atoms with E-state index >= 15 is 0 Å². The van der Waals surface area contributed by atoms with Gasteiger partial charge in [-0.1, -0.05) is 46.7 Å². The smallest absolute Gasteiger partial charge is 0.234 e. The van der Waals surface area contributed by atoms with Crippen LogP contribution in [0.15, 0.2) is 62.4 Å². The van der Waals surface area contributed by atoms with E-state index in [4.69, 9.17) is 4.42 Å². The quantitative estimate of drug-likeness (QED) is 0.330. The molecular weight excluding hydrogens is 426 g/mol. The molecule has 0 unspecified atom stereocenters. The van der Waals surface area contributed by atoms with Gasteiger partial charge in [0.2, 0.25) is 5.91 Å². The molecule has 0 aliphatic carbocycles. The zero-order chi connectivity index (χ0) is 18.8. The van der Waals surface area contributed by atoms with Crippen LogP contribution in [-0.4, -0.2) is 21.6 Å². The van der Waals surface area contributed by atoms with Gasteiger partial charge in [0.15, 0.2) is 5.58 Å².